The molecule has 1 saturated heterocycles. The third kappa shape index (κ3) is 4.60. The van der Waals surface area contributed by atoms with Gasteiger partial charge < -0.3 is 25.2 Å². The smallest absolute Gasteiger partial charge is 0.407 e. The number of carbonyl (C=O) groups excluding carboxylic acids is 2. The molecule has 1 heterocycles. The fraction of sp³-hybridized carbons (Fsp3) is 0.375. The fourth-order valence-corrected chi connectivity index (χ4v) is 4.46. The Morgan fingerprint density at radius 3 is 2.12 bits per heavy atom. The van der Waals surface area contributed by atoms with Crippen LogP contribution in [0.1, 0.15) is 36.3 Å². The summed E-state index contributed by atoms with van der Waals surface area (Å²) < 4.78 is 5.45. The quantitative estimate of drug-likeness (QED) is 0.638. The number of aliphatic hydroxyl groups is 1. The van der Waals surface area contributed by atoms with Gasteiger partial charge in [-0.25, -0.2) is 4.79 Å². The van der Waals surface area contributed by atoms with E-state index in [4.69, 9.17) is 4.74 Å². The van der Waals surface area contributed by atoms with E-state index in [9.17, 15) is 24.6 Å². The topological polar surface area (TPSA) is 116 Å². The van der Waals surface area contributed by atoms with Crippen LogP contribution in [0.25, 0.3) is 11.1 Å². The summed E-state index contributed by atoms with van der Waals surface area (Å²) in [6, 6.07) is 14.7. The molecule has 32 heavy (non-hydrogen) atoms. The van der Waals surface area contributed by atoms with Crippen molar-refractivity contribution in [3.63, 3.8) is 0 Å². The molecule has 0 bridgehead atoms. The number of nitrogens with zero attached hydrogens (tertiary/aromatic N) is 1. The zero-order valence-corrected chi connectivity index (χ0v) is 17.6. The predicted molar refractivity (Wildman–Crippen MR) is 116 cm³/mol. The summed E-state index contributed by atoms with van der Waals surface area (Å²) in [6.07, 6.45) is -0.981. The molecule has 1 atom stereocenters. The van der Waals surface area contributed by atoms with E-state index in [1.807, 2.05) is 48.5 Å². The molecule has 3 N–H and O–H groups in total. The summed E-state index contributed by atoms with van der Waals surface area (Å²) in [5, 5.41) is 21.3. The second-order valence-electron chi connectivity index (χ2n) is 8.18. The minimum atomic E-state index is -1.22. The highest BCUT2D eigenvalue weighted by Crippen LogP contribution is 2.44. The lowest BCUT2D eigenvalue weighted by Gasteiger charge is -2.32. The molecular formula is C24H26N2O6. The third-order valence-corrected chi connectivity index (χ3v) is 6.09. The number of amides is 2. The number of nitrogens with one attached hydrogen (secondary N) is 1. The summed E-state index contributed by atoms with van der Waals surface area (Å²) in [5.74, 6) is -1.81. The van der Waals surface area contributed by atoms with Gasteiger partial charge in [-0.1, -0.05) is 48.5 Å². The number of carbonyl (C=O) groups is 3. The molecule has 1 fully saturated rings. The molecule has 2 aliphatic rings. The minimum absolute atomic E-state index is 0.0732. The zero-order valence-electron chi connectivity index (χ0n) is 17.6. The summed E-state index contributed by atoms with van der Waals surface area (Å²) >= 11 is 0. The molecule has 168 valence electrons. The molecule has 0 saturated carbocycles. The Morgan fingerprint density at radius 1 is 1.00 bits per heavy atom. The standard InChI is InChI=1S/C24H26N2O6/c27-15-9-11-26(12-10-15)23(30)21(13-22(28)29)25-24(31)32-14-20-18-7-3-1-5-16(18)17-6-2-4-8-19(17)20/h1-8,15,20-21,27H,9-14H2,(H,25,31)(H,28,29). The zero-order chi connectivity index (χ0) is 22.7. The van der Waals surface area contributed by atoms with E-state index in [0.29, 0.717) is 25.9 Å². The van der Waals surface area contributed by atoms with Crippen LogP contribution >= 0.6 is 0 Å². The van der Waals surface area contributed by atoms with Crippen molar-refractivity contribution in [1.29, 1.82) is 0 Å². The van der Waals surface area contributed by atoms with Gasteiger partial charge in [0.25, 0.3) is 0 Å². The molecule has 1 unspecified atom stereocenters. The molecule has 0 aromatic heterocycles. The molecule has 4 rings (SSSR count). The van der Waals surface area contributed by atoms with Crippen molar-refractivity contribution in [2.45, 2.75) is 37.3 Å². The van der Waals surface area contributed by atoms with E-state index in [1.165, 1.54) is 4.90 Å². The maximum atomic E-state index is 12.8. The summed E-state index contributed by atoms with van der Waals surface area (Å²) in [5.41, 5.74) is 4.32. The van der Waals surface area contributed by atoms with Crippen LogP contribution in [-0.2, 0) is 14.3 Å². The highest BCUT2D eigenvalue weighted by molar-refractivity contribution is 5.89. The lowest BCUT2D eigenvalue weighted by molar-refractivity contribution is -0.143. The third-order valence-electron chi connectivity index (χ3n) is 6.09. The second-order valence-corrected chi connectivity index (χ2v) is 8.18. The van der Waals surface area contributed by atoms with Crippen LogP contribution in [0.5, 0.6) is 0 Å². The molecular weight excluding hydrogens is 412 g/mol. The molecule has 2 aromatic rings. The average molecular weight is 438 g/mol. The molecule has 0 radical (unpaired) electrons. The Morgan fingerprint density at radius 2 is 1.56 bits per heavy atom. The maximum absolute atomic E-state index is 12.8. The average Bonchev–Trinajstić information content (AvgIpc) is 3.11. The van der Waals surface area contributed by atoms with Crippen molar-refractivity contribution in [2.75, 3.05) is 19.7 Å². The first-order valence-corrected chi connectivity index (χ1v) is 10.7. The molecule has 2 aromatic carbocycles. The van der Waals surface area contributed by atoms with Crippen molar-refractivity contribution in [1.82, 2.24) is 10.2 Å². The van der Waals surface area contributed by atoms with Crippen molar-refractivity contribution in [3.8, 4) is 11.1 Å². The Labute approximate surface area is 185 Å². The number of rotatable bonds is 6. The number of aliphatic hydroxyl groups excluding tert-OH is 1. The van der Waals surface area contributed by atoms with Gasteiger partial charge in [0.2, 0.25) is 5.91 Å². The number of piperidine rings is 1. The summed E-state index contributed by atoms with van der Waals surface area (Å²) in [7, 11) is 0. The number of carboxylic acids is 1. The number of alkyl carbamates (subject to hydrolysis) is 1. The number of carboxylic acid groups (broad SMARTS) is 1. The van der Waals surface area contributed by atoms with E-state index in [1.54, 1.807) is 0 Å². The number of likely N-dealkylation sites (tertiary alicyclic amines) is 1. The fourth-order valence-electron chi connectivity index (χ4n) is 4.46. The number of ether oxygens (including phenoxy) is 1. The van der Waals surface area contributed by atoms with Gasteiger partial charge in [-0.3, -0.25) is 9.59 Å². The SMILES string of the molecule is O=C(O)CC(NC(=O)OCC1c2ccccc2-c2ccccc21)C(=O)N1CCC(O)CC1. The van der Waals surface area contributed by atoms with Gasteiger partial charge in [0, 0.05) is 19.0 Å². The van der Waals surface area contributed by atoms with Crippen LogP contribution in [0.3, 0.4) is 0 Å². The van der Waals surface area contributed by atoms with Crippen LogP contribution in [0.15, 0.2) is 48.5 Å². The number of fused-ring (bicyclic) bond motifs is 3. The van der Waals surface area contributed by atoms with Gasteiger partial charge in [0.15, 0.2) is 0 Å². The highest BCUT2D eigenvalue weighted by Gasteiger charge is 2.32. The normalized spacial score (nSPS) is 16.7. The minimum Gasteiger partial charge on any atom is -0.481 e. The molecule has 1 aliphatic heterocycles. The van der Waals surface area contributed by atoms with Crippen molar-refractivity contribution >= 4 is 18.0 Å². The van der Waals surface area contributed by atoms with E-state index in [2.05, 4.69) is 5.32 Å². The molecule has 8 nitrogen and oxygen atoms in total. The van der Waals surface area contributed by atoms with Crippen LogP contribution in [0.2, 0.25) is 0 Å². The van der Waals surface area contributed by atoms with Gasteiger partial charge in [-0.2, -0.15) is 0 Å². The van der Waals surface area contributed by atoms with Crippen molar-refractivity contribution in [3.05, 3.63) is 59.7 Å². The van der Waals surface area contributed by atoms with Crippen molar-refractivity contribution < 1.29 is 29.3 Å². The van der Waals surface area contributed by atoms with Crippen LogP contribution in [0.4, 0.5) is 4.79 Å². The van der Waals surface area contributed by atoms with E-state index < -0.39 is 36.5 Å². The Hall–Kier alpha value is -3.39. The lowest BCUT2D eigenvalue weighted by Crippen LogP contribution is -2.52. The Bertz CT molecular complexity index is 970. The summed E-state index contributed by atoms with van der Waals surface area (Å²) in [4.78, 5) is 38.0. The van der Waals surface area contributed by atoms with E-state index in [-0.39, 0.29) is 12.5 Å². The number of aliphatic carboxylic acids is 1. The largest absolute Gasteiger partial charge is 0.481 e. The first kappa shape index (κ1) is 21.8. The van der Waals surface area contributed by atoms with Gasteiger partial charge in [-0.05, 0) is 35.1 Å². The van der Waals surface area contributed by atoms with Crippen molar-refractivity contribution in [2.24, 2.45) is 0 Å². The van der Waals surface area contributed by atoms with Crippen LogP contribution in [-0.4, -0.2) is 64.9 Å². The van der Waals surface area contributed by atoms with Crippen LogP contribution < -0.4 is 5.32 Å². The van der Waals surface area contributed by atoms with Crippen LogP contribution in [0, 0.1) is 0 Å². The second kappa shape index (κ2) is 9.40. The molecule has 2 amide bonds. The van der Waals surface area contributed by atoms with Gasteiger partial charge in [0.1, 0.15) is 12.6 Å². The van der Waals surface area contributed by atoms with Gasteiger partial charge in [-0.15, -0.1) is 0 Å². The molecule has 0 spiro atoms. The predicted octanol–water partition coefficient (Wildman–Crippen LogP) is 2.35. The molecule has 8 heteroatoms. The maximum Gasteiger partial charge on any atom is 0.407 e. The molecule has 1 aliphatic carbocycles. The van der Waals surface area contributed by atoms with E-state index >= 15 is 0 Å². The monoisotopic (exact) mass is 438 g/mol. The number of hydrogen-bond acceptors (Lipinski definition) is 5. The first-order valence-electron chi connectivity index (χ1n) is 10.7. The van der Waals surface area contributed by atoms with Gasteiger partial charge in [0.05, 0.1) is 12.5 Å². The Balaban J connectivity index is 1.42. The Kier molecular flexibility index (Phi) is 6.41. The lowest BCUT2D eigenvalue weighted by atomic mass is 9.98. The number of hydrogen-bond donors (Lipinski definition) is 3. The first-order chi connectivity index (χ1) is 15.4. The summed E-state index contributed by atoms with van der Waals surface area (Å²) in [6.45, 7) is 0.717. The highest BCUT2D eigenvalue weighted by atomic mass is 16.5. The van der Waals surface area contributed by atoms with Gasteiger partial charge >= 0.3 is 12.1 Å². The van der Waals surface area contributed by atoms with E-state index in [0.717, 1.165) is 22.3 Å². The number of benzene rings is 2.